The van der Waals surface area contributed by atoms with Gasteiger partial charge in [0.2, 0.25) is 11.8 Å². The van der Waals surface area contributed by atoms with Crippen molar-refractivity contribution in [2.75, 3.05) is 0 Å². The van der Waals surface area contributed by atoms with E-state index in [-0.39, 0.29) is 30.3 Å². The standard InChI is InChI=1S/C13H16N2O2.ClH/c1-9-2-4-10(5-3-9)8-14-11-6-7-12(16)15-13(11)17;/h2-5,11,14H,6-8H2,1H3,(H,15,16,17);1H. The zero-order chi connectivity index (χ0) is 12.3. The molecular formula is C13H17ClN2O2. The van der Waals surface area contributed by atoms with Crippen molar-refractivity contribution >= 4 is 24.2 Å². The summed E-state index contributed by atoms with van der Waals surface area (Å²) < 4.78 is 0. The molecule has 2 amide bonds. The Balaban J connectivity index is 0.00000162. The topological polar surface area (TPSA) is 58.2 Å². The SMILES string of the molecule is Cc1ccc(CNC2CCC(=O)NC2=O)cc1.Cl. The first-order chi connectivity index (χ1) is 8.15. The third-order valence-electron chi connectivity index (χ3n) is 2.91. The zero-order valence-corrected chi connectivity index (χ0v) is 11.0. The van der Waals surface area contributed by atoms with Gasteiger partial charge >= 0.3 is 0 Å². The lowest BCUT2D eigenvalue weighted by Gasteiger charge is -2.21. The van der Waals surface area contributed by atoms with Gasteiger partial charge in [0, 0.05) is 13.0 Å². The van der Waals surface area contributed by atoms with Crippen molar-refractivity contribution in [1.82, 2.24) is 10.6 Å². The number of piperidine rings is 1. The summed E-state index contributed by atoms with van der Waals surface area (Å²) in [5.74, 6) is -0.392. The van der Waals surface area contributed by atoms with Gasteiger partial charge in [0.1, 0.15) is 0 Å². The van der Waals surface area contributed by atoms with Gasteiger partial charge in [-0.3, -0.25) is 14.9 Å². The maximum atomic E-state index is 11.5. The van der Waals surface area contributed by atoms with Gasteiger partial charge in [-0.15, -0.1) is 12.4 Å². The molecule has 0 bridgehead atoms. The van der Waals surface area contributed by atoms with Crippen molar-refractivity contribution in [3.05, 3.63) is 35.4 Å². The number of halogens is 1. The first-order valence-corrected chi connectivity index (χ1v) is 5.78. The third-order valence-corrected chi connectivity index (χ3v) is 2.91. The molecule has 0 saturated carbocycles. The Morgan fingerprint density at radius 3 is 2.56 bits per heavy atom. The monoisotopic (exact) mass is 268 g/mol. The molecule has 0 aromatic heterocycles. The van der Waals surface area contributed by atoms with Crippen LogP contribution < -0.4 is 10.6 Å². The van der Waals surface area contributed by atoms with E-state index >= 15 is 0 Å². The van der Waals surface area contributed by atoms with E-state index in [1.807, 2.05) is 31.2 Å². The molecule has 98 valence electrons. The summed E-state index contributed by atoms with van der Waals surface area (Å²) in [5, 5.41) is 5.50. The molecule has 0 spiro atoms. The number of aryl methyl sites for hydroxylation is 1. The predicted octanol–water partition coefficient (Wildman–Crippen LogP) is 1.31. The molecule has 5 heteroatoms. The minimum Gasteiger partial charge on any atom is -0.302 e. The van der Waals surface area contributed by atoms with E-state index in [1.165, 1.54) is 5.56 Å². The van der Waals surface area contributed by atoms with Crippen molar-refractivity contribution in [1.29, 1.82) is 0 Å². The summed E-state index contributed by atoms with van der Waals surface area (Å²) in [7, 11) is 0. The molecule has 1 aromatic carbocycles. The second kappa shape index (κ2) is 6.52. The summed E-state index contributed by atoms with van der Waals surface area (Å²) in [5.41, 5.74) is 2.36. The number of nitrogens with one attached hydrogen (secondary N) is 2. The van der Waals surface area contributed by atoms with Gasteiger partial charge in [-0.1, -0.05) is 29.8 Å². The first kappa shape index (κ1) is 14.7. The molecule has 1 aromatic rings. The number of hydrogen-bond acceptors (Lipinski definition) is 3. The molecule has 4 nitrogen and oxygen atoms in total. The van der Waals surface area contributed by atoms with Crippen LogP contribution in [0.15, 0.2) is 24.3 Å². The Bertz CT molecular complexity index is 431. The van der Waals surface area contributed by atoms with Gasteiger partial charge in [0.05, 0.1) is 6.04 Å². The number of imide groups is 1. The molecular weight excluding hydrogens is 252 g/mol. The van der Waals surface area contributed by atoms with Crippen LogP contribution in [-0.4, -0.2) is 17.9 Å². The van der Waals surface area contributed by atoms with Crippen LogP contribution in [0.2, 0.25) is 0 Å². The summed E-state index contributed by atoms with van der Waals surface area (Å²) in [4.78, 5) is 22.5. The molecule has 2 rings (SSSR count). The zero-order valence-electron chi connectivity index (χ0n) is 10.2. The third kappa shape index (κ3) is 3.82. The van der Waals surface area contributed by atoms with E-state index in [0.717, 1.165) is 5.56 Å². The number of amides is 2. The largest absolute Gasteiger partial charge is 0.302 e. The number of carbonyl (C=O) groups excluding carboxylic acids is 2. The Morgan fingerprint density at radius 1 is 1.28 bits per heavy atom. The molecule has 1 atom stereocenters. The first-order valence-electron chi connectivity index (χ1n) is 5.78. The molecule has 2 N–H and O–H groups in total. The summed E-state index contributed by atoms with van der Waals surface area (Å²) in [6.45, 7) is 2.68. The number of hydrogen-bond donors (Lipinski definition) is 2. The number of benzene rings is 1. The Kier molecular flexibility index (Phi) is 5.31. The van der Waals surface area contributed by atoms with E-state index in [0.29, 0.717) is 19.4 Å². The van der Waals surface area contributed by atoms with E-state index in [9.17, 15) is 9.59 Å². The van der Waals surface area contributed by atoms with Crippen molar-refractivity contribution in [3.63, 3.8) is 0 Å². The van der Waals surface area contributed by atoms with E-state index in [2.05, 4.69) is 10.6 Å². The van der Waals surface area contributed by atoms with Crippen LogP contribution in [0.3, 0.4) is 0 Å². The maximum Gasteiger partial charge on any atom is 0.243 e. The van der Waals surface area contributed by atoms with Gasteiger partial charge in [-0.25, -0.2) is 0 Å². The molecule has 1 fully saturated rings. The highest BCUT2D eigenvalue weighted by molar-refractivity contribution is 6.00. The molecule has 1 aliphatic rings. The molecule has 1 unspecified atom stereocenters. The molecule has 1 heterocycles. The second-order valence-corrected chi connectivity index (χ2v) is 4.37. The van der Waals surface area contributed by atoms with Crippen LogP contribution in [0.4, 0.5) is 0 Å². The average Bonchev–Trinajstić information content (AvgIpc) is 2.30. The van der Waals surface area contributed by atoms with Gasteiger partial charge in [-0.05, 0) is 18.9 Å². The van der Waals surface area contributed by atoms with Crippen LogP contribution >= 0.6 is 12.4 Å². The lowest BCUT2D eigenvalue weighted by atomic mass is 10.1. The van der Waals surface area contributed by atoms with Crippen LogP contribution in [0.5, 0.6) is 0 Å². The van der Waals surface area contributed by atoms with Gasteiger partial charge in [-0.2, -0.15) is 0 Å². The number of rotatable bonds is 3. The van der Waals surface area contributed by atoms with Crippen molar-refractivity contribution in [2.24, 2.45) is 0 Å². The van der Waals surface area contributed by atoms with Gasteiger partial charge < -0.3 is 5.32 Å². The predicted molar refractivity (Wildman–Crippen MR) is 71.4 cm³/mol. The fourth-order valence-corrected chi connectivity index (χ4v) is 1.84. The summed E-state index contributed by atoms with van der Waals surface area (Å²) >= 11 is 0. The molecule has 1 saturated heterocycles. The molecule has 0 radical (unpaired) electrons. The number of carbonyl (C=O) groups is 2. The smallest absolute Gasteiger partial charge is 0.243 e. The normalized spacial score (nSPS) is 19.1. The van der Waals surface area contributed by atoms with Gasteiger partial charge in [0.25, 0.3) is 0 Å². The highest BCUT2D eigenvalue weighted by Gasteiger charge is 2.25. The van der Waals surface area contributed by atoms with E-state index < -0.39 is 0 Å². The minimum atomic E-state index is -0.256. The highest BCUT2D eigenvalue weighted by atomic mass is 35.5. The van der Waals surface area contributed by atoms with Crippen LogP contribution in [0, 0.1) is 6.92 Å². The Morgan fingerprint density at radius 2 is 1.94 bits per heavy atom. The van der Waals surface area contributed by atoms with Crippen LogP contribution in [0.1, 0.15) is 24.0 Å². The Hall–Kier alpha value is -1.39. The Labute approximate surface area is 113 Å². The van der Waals surface area contributed by atoms with Crippen LogP contribution in [-0.2, 0) is 16.1 Å². The highest BCUT2D eigenvalue weighted by Crippen LogP contribution is 2.07. The lowest BCUT2D eigenvalue weighted by molar-refractivity contribution is -0.134. The molecule has 1 aliphatic heterocycles. The van der Waals surface area contributed by atoms with E-state index in [1.54, 1.807) is 0 Å². The maximum absolute atomic E-state index is 11.5. The quantitative estimate of drug-likeness (QED) is 0.813. The van der Waals surface area contributed by atoms with Crippen molar-refractivity contribution in [2.45, 2.75) is 32.4 Å². The fraction of sp³-hybridized carbons (Fsp3) is 0.385. The fourth-order valence-electron chi connectivity index (χ4n) is 1.84. The summed E-state index contributed by atoms with van der Waals surface area (Å²) in [6, 6.07) is 7.90. The second-order valence-electron chi connectivity index (χ2n) is 4.37. The molecule has 18 heavy (non-hydrogen) atoms. The van der Waals surface area contributed by atoms with Crippen molar-refractivity contribution < 1.29 is 9.59 Å². The summed E-state index contributed by atoms with van der Waals surface area (Å²) in [6.07, 6.45) is 0.994. The average molecular weight is 269 g/mol. The van der Waals surface area contributed by atoms with E-state index in [4.69, 9.17) is 0 Å². The van der Waals surface area contributed by atoms with Crippen molar-refractivity contribution in [3.8, 4) is 0 Å². The minimum absolute atomic E-state index is 0. The van der Waals surface area contributed by atoms with Gasteiger partial charge in [0.15, 0.2) is 0 Å². The van der Waals surface area contributed by atoms with Crippen LogP contribution in [0.25, 0.3) is 0 Å². The molecule has 0 aliphatic carbocycles. The lowest BCUT2D eigenvalue weighted by Crippen LogP contribution is -2.50.